The second-order valence-corrected chi connectivity index (χ2v) is 9.71. The highest BCUT2D eigenvalue weighted by atomic mass is 35.5. The predicted molar refractivity (Wildman–Crippen MR) is 130 cm³/mol. The van der Waals surface area contributed by atoms with Gasteiger partial charge in [0.25, 0.3) is 0 Å². The van der Waals surface area contributed by atoms with E-state index in [1.165, 1.54) is 56.1 Å². The fourth-order valence-corrected chi connectivity index (χ4v) is 5.01. The average molecular weight is 435 g/mol. The minimum absolute atomic E-state index is 0.139. The first-order valence-corrected chi connectivity index (χ1v) is 12.0. The maximum absolute atomic E-state index is 14.7. The van der Waals surface area contributed by atoms with Crippen molar-refractivity contribution in [2.75, 3.05) is 0 Å². The van der Waals surface area contributed by atoms with E-state index in [2.05, 4.69) is 37.3 Å². The molecular weight excluding hydrogens is 403 g/mol. The van der Waals surface area contributed by atoms with Gasteiger partial charge in [-0.15, -0.1) is 0 Å². The van der Waals surface area contributed by atoms with E-state index in [0.29, 0.717) is 10.6 Å². The van der Waals surface area contributed by atoms with Crippen LogP contribution in [0.15, 0.2) is 66.7 Å². The maximum atomic E-state index is 14.7. The number of benzene rings is 3. The molecule has 0 unspecified atom stereocenters. The van der Waals surface area contributed by atoms with E-state index in [0.717, 1.165) is 29.4 Å². The van der Waals surface area contributed by atoms with Crippen molar-refractivity contribution in [3.63, 3.8) is 0 Å². The van der Waals surface area contributed by atoms with Gasteiger partial charge in [-0.2, -0.15) is 0 Å². The van der Waals surface area contributed by atoms with Gasteiger partial charge in [0.1, 0.15) is 5.82 Å². The van der Waals surface area contributed by atoms with Gasteiger partial charge >= 0.3 is 0 Å². The van der Waals surface area contributed by atoms with Crippen LogP contribution in [0, 0.1) is 24.6 Å². The summed E-state index contributed by atoms with van der Waals surface area (Å²) >= 11 is 5.95. The average Bonchev–Trinajstić information content (AvgIpc) is 2.79. The minimum atomic E-state index is -0.139. The molecule has 31 heavy (non-hydrogen) atoms. The molecular formula is C29H32ClF. The third kappa shape index (κ3) is 6.20. The summed E-state index contributed by atoms with van der Waals surface area (Å²) in [5.74, 6) is 1.52. The fourth-order valence-electron chi connectivity index (χ4n) is 4.88. The molecule has 0 amide bonds. The molecule has 0 atom stereocenters. The number of aryl methyl sites for hydroxylation is 3. The summed E-state index contributed by atoms with van der Waals surface area (Å²) in [5.41, 5.74) is 5.43. The monoisotopic (exact) mass is 434 g/mol. The van der Waals surface area contributed by atoms with Crippen molar-refractivity contribution >= 4 is 11.6 Å². The molecule has 0 spiro atoms. The molecule has 0 radical (unpaired) electrons. The molecule has 0 saturated heterocycles. The predicted octanol–water partition coefficient (Wildman–Crippen LogP) is 8.83. The number of hydrogen-bond donors (Lipinski definition) is 0. The van der Waals surface area contributed by atoms with Crippen LogP contribution in [0.2, 0.25) is 5.02 Å². The molecule has 0 nitrogen and oxygen atoms in total. The summed E-state index contributed by atoms with van der Waals surface area (Å²) in [6.07, 6.45) is 10.00. The van der Waals surface area contributed by atoms with Gasteiger partial charge in [-0.05, 0) is 79.3 Å². The third-order valence-corrected chi connectivity index (χ3v) is 7.21. The Morgan fingerprint density at radius 2 is 1.29 bits per heavy atom. The maximum Gasteiger partial charge on any atom is 0.131 e. The molecule has 0 heterocycles. The summed E-state index contributed by atoms with van der Waals surface area (Å²) in [7, 11) is 0. The van der Waals surface area contributed by atoms with Crippen LogP contribution < -0.4 is 0 Å². The normalized spacial score (nSPS) is 18.8. The first-order valence-electron chi connectivity index (χ1n) is 11.7. The van der Waals surface area contributed by atoms with Crippen LogP contribution in [0.5, 0.6) is 0 Å². The van der Waals surface area contributed by atoms with E-state index in [4.69, 9.17) is 11.6 Å². The zero-order valence-corrected chi connectivity index (χ0v) is 19.2. The SMILES string of the molecule is Cc1ccc(CC[C@H]2CC[C@H](CCc3ccc(-c4ccc(Cl)cc4)c(F)c3)CC2)cc1. The molecule has 0 N–H and O–H groups in total. The third-order valence-electron chi connectivity index (χ3n) is 6.96. The topological polar surface area (TPSA) is 0 Å². The highest BCUT2D eigenvalue weighted by Crippen LogP contribution is 2.34. The lowest BCUT2D eigenvalue weighted by Gasteiger charge is -2.28. The largest absolute Gasteiger partial charge is 0.206 e. The molecule has 1 fully saturated rings. The Morgan fingerprint density at radius 1 is 0.742 bits per heavy atom. The zero-order chi connectivity index (χ0) is 21.6. The van der Waals surface area contributed by atoms with Crippen molar-refractivity contribution in [2.24, 2.45) is 11.8 Å². The van der Waals surface area contributed by atoms with Crippen LogP contribution in [0.3, 0.4) is 0 Å². The quantitative estimate of drug-likeness (QED) is 0.348. The second kappa shape index (κ2) is 10.5. The Labute approximate surface area is 191 Å². The highest BCUT2D eigenvalue weighted by Gasteiger charge is 2.21. The van der Waals surface area contributed by atoms with Gasteiger partial charge in [0.2, 0.25) is 0 Å². The molecule has 2 heteroatoms. The Morgan fingerprint density at radius 3 is 1.87 bits per heavy atom. The molecule has 0 bridgehead atoms. The van der Waals surface area contributed by atoms with E-state index >= 15 is 0 Å². The van der Waals surface area contributed by atoms with Crippen LogP contribution in [0.4, 0.5) is 4.39 Å². The van der Waals surface area contributed by atoms with E-state index < -0.39 is 0 Å². The first-order chi connectivity index (χ1) is 15.1. The molecule has 3 aromatic carbocycles. The second-order valence-electron chi connectivity index (χ2n) is 9.27. The van der Waals surface area contributed by atoms with Crippen molar-refractivity contribution in [1.29, 1.82) is 0 Å². The first kappa shape index (κ1) is 22.1. The van der Waals surface area contributed by atoms with E-state index in [9.17, 15) is 4.39 Å². The minimum Gasteiger partial charge on any atom is -0.206 e. The van der Waals surface area contributed by atoms with E-state index in [1.807, 2.05) is 18.2 Å². The van der Waals surface area contributed by atoms with Gasteiger partial charge in [0, 0.05) is 10.6 Å². The summed E-state index contributed by atoms with van der Waals surface area (Å²) in [6.45, 7) is 2.15. The Hall–Kier alpha value is -2.12. The molecule has 162 valence electrons. The van der Waals surface area contributed by atoms with Crippen molar-refractivity contribution in [3.8, 4) is 11.1 Å². The molecule has 3 aromatic rings. The van der Waals surface area contributed by atoms with Gasteiger partial charge in [-0.25, -0.2) is 4.39 Å². The molecule has 1 saturated carbocycles. The Kier molecular flexibility index (Phi) is 7.45. The number of halogens is 2. The molecule has 1 aliphatic rings. The van der Waals surface area contributed by atoms with Crippen LogP contribution >= 0.6 is 11.6 Å². The molecule has 1 aliphatic carbocycles. The van der Waals surface area contributed by atoms with Crippen molar-refractivity contribution in [1.82, 2.24) is 0 Å². The standard InChI is InChI=1S/C29H32ClF/c1-21-2-4-22(5-3-21)6-7-23-8-10-24(11-9-23)12-13-25-14-19-28(29(31)20-25)26-15-17-27(30)18-16-26/h2-5,14-20,23-24H,6-13H2,1H3/t23-,24-. The Balaban J connectivity index is 1.22. The van der Waals surface area contributed by atoms with Gasteiger partial charge in [0.15, 0.2) is 0 Å². The Bertz CT molecular complexity index is 967. The van der Waals surface area contributed by atoms with Crippen LogP contribution in [0.25, 0.3) is 11.1 Å². The lowest BCUT2D eigenvalue weighted by molar-refractivity contribution is 0.253. The summed E-state index contributed by atoms with van der Waals surface area (Å²) < 4.78 is 14.7. The smallest absolute Gasteiger partial charge is 0.131 e. The van der Waals surface area contributed by atoms with Crippen LogP contribution in [-0.4, -0.2) is 0 Å². The van der Waals surface area contributed by atoms with Crippen molar-refractivity contribution < 1.29 is 4.39 Å². The fraction of sp³-hybridized carbons (Fsp3) is 0.379. The van der Waals surface area contributed by atoms with Gasteiger partial charge < -0.3 is 0 Å². The van der Waals surface area contributed by atoms with Crippen LogP contribution in [0.1, 0.15) is 55.2 Å². The van der Waals surface area contributed by atoms with E-state index in [1.54, 1.807) is 18.2 Å². The highest BCUT2D eigenvalue weighted by molar-refractivity contribution is 6.30. The van der Waals surface area contributed by atoms with Crippen molar-refractivity contribution in [2.45, 2.75) is 58.3 Å². The lowest BCUT2D eigenvalue weighted by Crippen LogP contribution is -2.15. The van der Waals surface area contributed by atoms with E-state index in [-0.39, 0.29) is 5.82 Å². The lowest BCUT2D eigenvalue weighted by atomic mass is 9.77. The van der Waals surface area contributed by atoms with Crippen molar-refractivity contribution in [3.05, 3.63) is 94.3 Å². The number of rotatable bonds is 7. The van der Waals surface area contributed by atoms with Gasteiger partial charge in [-0.1, -0.05) is 91.4 Å². The molecule has 0 aromatic heterocycles. The zero-order valence-electron chi connectivity index (χ0n) is 18.4. The summed E-state index contributed by atoms with van der Waals surface area (Å²) in [6, 6.07) is 22.1. The molecule has 4 rings (SSSR count). The summed E-state index contributed by atoms with van der Waals surface area (Å²) in [4.78, 5) is 0. The molecule has 0 aliphatic heterocycles. The summed E-state index contributed by atoms with van der Waals surface area (Å²) in [5, 5.41) is 0.672. The number of hydrogen-bond acceptors (Lipinski definition) is 0. The van der Waals surface area contributed by atoms with Crippen LogP contribution in [-0.2, 0) is 12.8 Å². The van der Waals surface area contributed by atoms with Gasteiger partial charge in [0.05, 0.1) is 0 Å². The van der Waals surface area contributed by atoms with Gasteiger partial charge in [-0.3, -0.25) is 0 Å².